The van der Waals surface area contributed by atoms with E-state index in [0.29, 0.717) is 19.5 Å². The first kappa shape index (κ1) is 15.5. The van der Waals surface area contributed by atoms with Crippen LogP contribution in [0.3, 0.4) is 0 Å². The minimum Gasteiger partial charge on any atom is -0.480 e. The maximum absolute atomic E-state index is 12.0. The maximum atomic E-state index is 12.0. The van der Waals surface area contributed by atoms with Crippen molar-refractivity contribution in [3.63, 3.8) is 0 Å². The fraction of sp³-hybridized carbons (Fsp3) is 0.769. The molecule has 2 N–H and O–H groups in total. The molecule has 1 aliphatic heterocycles. The summed E-state index contributed by atoms with van der Waals surface area (Å²) in [6.07, 6.45) is 0.842. The van der Waals surface area contributed by atoms with Gasteiger partial charge in [0.05, 0.1) is 5.92 Å². The SMILES string of the molecule is CCC(C)C(NC(=O)C1CC(=O)N(CC)C1)C(=O)O. The summed E-state index contributed by atoms with van der Waals surface area (Å²) in [7, 11) is 0. The molecular weight excluding hydrogens is 248 g/mol. The minimum absolute atomic E-state index is 0.0435. The third-order valence-corrected chi connectivity index (χ3v) is 3.74. The Morgan fingerprint density at radius 1 is 1.47 bits per heavy atom. The smallest absolute Gasteiger partial charge is 0.326 e. The Hall–Kier alpha value is -1.59. The summed E-state index contributed by atoms with van der Waals surface area (Å²) in [6, 6.07) is -0.886. The molecule has 0 saturated carbocycles. The average molecular weight is 270 g/mol. The number of nitrogens with one attached hydrogen (secondary N) is 1. The first-order chi connectivity index (χ1) is 8.90. The number of likely N-dealkylation sites (tertiary alicyclic amines) is 1. The summed E-state index contributed by atoms with van der Waals surface area (Å²) >= 11 is 0. The van der Waals surface area contributed by atoms with E-state index in [9.17, 15) is 14.4 Å². The van der Waals surface area contributed by atoms with Gasteiger partial charge in [-0.1, -0.05) is 20.3 Å². The van der Waals surface area contributed by atoms with Crippen molar-refractivity contribution in [3.05, 3.63) is 0 Å². The van der Waals surface area contributed by atoms with Crippen molar-refractivity contribution in [1.82, 2.24) is 10.2 Å². The van der Waals surface area contributed by atoms with Crippen molar-refractivity contribution in [3.8, 4) is 0 Å². The Bertz CT molecular complexity index is 370. The molecule has 0 aromatic heterocycles. The van der Waals surface area contributed by atoms with E-state index in [2.05, 4.69) is 5.32 Å². The second-order valence-corrected chi connectivity index (χ2v) is 5.04. The Balaban J connectivity index is 2.63. The van der Waals surface area contributed by atoms with Crippen LogP contribution in [0, 0.1) is 11.8 Å². The monoisotopic (exact) mass is 270 g/mol. The van der Waals surface area contributed by atoms with Crippen LogP contribution in [0.1, 0.15) is 33.6 Å². The van der Waals surface area contributed by atoms with E-state index < -0.39 is 17.9 Å². The second-order valence-electron chi connectivity index (χ2n) is 5.04. The molecule has 0 bridgehead atoms. The molecule has 6 heteroatoms. The Labute approximate surface area is 113 Å². The van der Waals surface area contributed by atoms with Gasteiger partial charge in [-0.3, -0.25) is 9.59 Å². The van der Waals surface area contributed by atoms with Crippen molar-refractivity contribution >= 4 is 17.8 Å². The number of carbonyl (C=O) groups excluding carboxylic acids is 2. The van der Waals surface area contributed by atoms with Gasteiger partial charge in [-0.05, 0) is 12.8 Å². The summed E-state index contributed by atoms with van der Waals surface area (Å²) in [6.45, 7) is 6.49. The zero-order chi connectivity index (χ0) is 14.6. The van der Waals surface area contributed by atoms with E-state index in [4.69, 9.17) is 5.11 Å². The zero-order valence-corrected chi connectivity index (χ0v) is 11.7. The number of rotatable bonds is 6. The van der Waals surface area contributed by atoms with Gasteiger partial charge in [0, 0.05) is 19.5 Å². The summed E-state index contributed by atoms with van der Waals surface area (Å²) in [5.74, 6) is -1.98. The van der Waals surface area contributed by atoms with E-state index >= 15 is 0 Å². The summed E-state index contributed by atoms with van der Waals surface area (Å²) in [5.41, 5.74) is 0. The molecule has 1 fully saturated rings. The van der Waals surface area contributed by atoms with Crippen molar-refractivity contribution in [2.75, 3.05) is 13.1 Å². The number of hydrogen-bond acceptors (Lipinski definition) is 3. The van der Waals surface area contributed by atoms with Crippen LogP contribution >= 0.6 is 0 Å². The van der Waals surface area contributed by atoms with Crippen LogP contribution in [0.15, 0.2) is 0 Å². The average Bonchev–Trinajstić information content (AvgIpc) is 2.75. The van der Waals surface area contributed by atoms with Gasteiger partial charge in [-0.15, -0.1) is 0 Å². The van der Waals surface area contributed by atoms with Crippen molar-refractivity contribution in [2.24, 2.45) is 11.8 Å². The van der Waals surface area contributed by atoms with E-state index in [1.165, 1.54) is 0 Å². The predicted molar refractivity (Wildman–Crippen MR) is 69.4 cm³/mol. The van der Waals surface area contributed by atoms with Crippen molar-refractivity contribution < 1.29 is 19.5 Å². The third-order valence-electron chi connectivity index (χ3n) is 3.74. The number of carboxylic acid groups (broad SMARTS) is 1. The van der Waals surface area contributed by atoms with E-state index in [0.717, 1.165) is 0 Å². The molecule has 1 rings (SSSR count). The molecule has 108 valence electrons. The molecule has 6 nitrogen and oxygen atoms in total. The molecule has 3 unspecified atom stereocenters. The number of hydrogen-bond donors (Lipinski definition) is 2. The van der Waals surface area contributed by atoms with Crippen LogP contribution in [0.5, 0.6) is 0 Å². The lowest BCUT2D eigenvalue weighted by Gasteiger charge is -2.22. The number of carboxylic acids is 1. The van der Waals surface area contributed by atoms with Gasteiger partial charge in [-0.25, -0.2) is 4.79 Å². The van der Waals surface area contributed by atoms with Crippen LogP contribution < -0.4 is 5.32 Å². The van der Waals surface area contributed by atoms with E-state index in [-0.39, 0.29) is 24.2 Å². The van der Waals surface area contributed by atoms with Gasteiger partial charge in [0.2, 0.25) is 11.8 Å². The highest BCUT2D eigenvalue weighted by molar-refractivity contribution is 5.91. The first-order valence-electron chi connectivity index (χ1n) is 6.71. The van der Waals surface area contributed by atoms with Crippen LogP contribution in [0.2, 0.25) is 0 Å². The lowest BCUT2D eigenvalue weighted by Crippen LogP contribution is -2.47. The zero-order valence-electron chi connectivity index (χ0n) is 11.7. The first-order valence-corrected chi connectivity index (χ1v) is 6.71. The van der Waals surface area contributed by atoms with Gasteiger partial charge in [0.25, 0.3) is 0 Å². The quantitative estimate of drug-likeness (QED) is 0.734. The normalized spacial score (nSPS) is 22.2. The molecule has 0 aromatic rings. The topological polar surface area (TPSA) is 86.7 Å². The molecule has 1 heterocycles. The highest BCUT2D eigenvalue weighted by atomic mass is 16.4. The summed E-state index contributed by atoms with van der Waals surface area (Å²) in [4.78, 5) is 36.4. The Morgan fingerprint density at radius 2 is 2.11 bits per heavy atom. The fourth-order valence-electron chi connectivity index (χ4n) is 2.21. The van der Waals surface area contributed by atoms with Gasteiger partial charge in [-0.2, -0.15) is 0 Å². The second kappa shape index (κ2) is 6.54. The molecule has 0 aromatic carbocycles. The molecule has 19 heavy (non-hydrogen) atoms. The van der Waals surface area contributed by atoms with Crippen molar-refractivity contribution in [1.29, 1.82) is 0 Å². The van der Waals surface area contributed by atoms with Gasteiger partial charge < -0.3 is 15.3 Å². The molecule has 1 saturated heterocycles. The van der Waals surface area contributed by atoms with Crippen LogP contribution in [-0.2, 0) is 14.4 Å². The number of amides is 2. The third kappa shape index (κ3) is 3.68. The fourth-order valence-corrected chi connectivity index (χ4v) is 2.21. The molecule has 2 amide bonds. The maximum Gasteiger partial charge on any atom is 0.326 e. The molecule has 0 aliphatic carbocycles. The number of nitrogens with zero attached hydrogens (tertiary/aromatic N) is 1. The van der Waals surface area contributed by atoms with Crippen LogP contribution in [0.25, 0.3) is 0 Å². The van der Waals surface area contributed by atoms with E-state index in [1.54, 1.807) is 11.8 Å². The Morgan fingerprint density at radius 3 is 2.53 bits per heavy atom. The highest BCUT2D eigenvalue weighted by Gasteiger charge is 2.35. The molecular formula is C13H22N2O4. The predicted octanol–water partition coefficient (Wildman–Crippen LogP) is 0.470. The molecule has 1 aliphatic rings. The Kier molecular flexibility index (Phi) is 5.32. The highest BCUT2D eigenvalue weighted by Crippen LogP contribution is 2.18. The number of carbonyl (C=O) groups is 3. The van der Waals surface area contributed by atoms with Gasteiger partial charge in [0.15, 0.2) is 0 Å². The molecule has 3 atom stereocenters. The van der Waals surface area contributed by atoms with Gasteiger partial charge >= 0.3 is 5.97 Å². The molecule has 0 spiro atoms. The standard InChI is InChI=1S/C13H22N2O4/c1-4-8(3)11(13(18)19)14-12(17)9-6-10(16)15(5-2)7-9/h8-9,11H,4-7H2,1-3H3,(H,14,17)(H,18,19). The van der Waals surface area contributed by atoms with Crippen LogP contribution in [0.4, 0.5) is 0 Å². The van der Waals surface area contributed by atoms with Gasteiger partial charge in [0.1, 0.15) is 6.04 Å². The number of aliphatic carboxylic acids is 1. The van der Waals surface area contributed by atoms with E-state index in [1.807, 2.05) is 13.8 Å². The van der Waals surface area contributed by atoms with Crippen LogP contribution in [-0.4, -0.2) is 46.9 Å². The lowest BCUT2D eigenvalue weighted by molar-refractivity contribution is -0.143. The molecule has 0 radical (unpaired) electrons. The lowest BCUT2D eigenvalue weighted by atomic mass is 9.98. The summed E-state index contributed by atoms with van der Waals surface area (Å²) < 4.78 is 0. The summed E-state index contributed by atoms with van der Waals surface area (Å²) in [5, 5.41) is 11.7. The largest absolute Gasteiger partial charge is 0.480 e. The van der Waals surface area contributed by atoms with Crippen molar-refractivity contribution in [2.45, 2.75) is 39.7 Å². The minimum atomic E-state index is -1.03.